The maximum absolute atomic E-state index is 14.2. The number of carbonyl (C=O) groups excluding carboxylic acids is 3. The number of primary amides is 1. The van der Waals surface area contributed by atoms with Crippen LogP contribution < -0.4 is 5.73 Å². The minimum atomic E-state index is -2.67. The van der Waals surface area contributed by atoms with Crippen LogP contribution in [0.5, 0.6) is 5.75 Å². The zero-order valence-electron chi connectivity index (χ0n) is 25.8. The minimum absolute atomic E-state index is 0.00325. The molecule has 3 aliphatic carbocycles. The number of nitrogens with zero attached hydrogens (tertiary/aromatic N) is 2. The van der Waals surface area contributed by atoms with Crippen LogP contribution in [0.4, 0.5) is 0 Å². The number of Topliss-reactive ketones (excluding diaryl/α,β-unsaturated/α-hetero) is 2. The molecule has 10 heteroatoms. The second-order valence-corrected chi connectivity index (χ2v) is 13.2. The molecular formula is C36H37N3O7. The van der Waals surface area contributed by atoms with Gasteiger partial charge in [0, 0.05) is 18.0 Å². The van der Waals surface area contributed by atoms with Gasteiger partial charge in [-0.05, 0) is 97.9 Å². The summed E-state index contributed by atoms with van der Waals surface area (Å²) in [4.78, 5) is 44.0. The van der Waals surface area contributed by atoms with Gasteiger partial charge in [0.15, 0.2) is 11.4 Å². The quantitative estimate of drug-likeness (QED) is 0.268. The number of likely N-dealkylation sites (N-methyl/N-ethyl adjacent to an activating group) is 1. The number of hydrogen-bond acceptors (Lipinski definition) is 9. The topological polar surface area (TPSA) is 165 Å². The lowest BCUT2D eigenvalue weighted by atomic mass is 9.58. The number of phenolic OH excluding ortho intramolecular Hbond substituents is 1. The molecule has 0 bridgehead atoms. The van der Waals surface area contributed by atoms with Crippen molar-refractivity contribution < 1.29 is 34.8 Å². The van der Waals surface area contributed by atoms with Crippen molar-refractivity contribution in [3.63, 3.8) is 0 Å². The van der Waals surface area contributed by atoms with E-state index in [1.54, 1.807) is 25.1 Å². The number of nitrogens with two attached hydrogens (primary N) is 1. The molecule has 0 radical (unpaired) electrons. The van der Waals surface area contributed by atoms with Gasteiger partial charge >= 0.3 is 0 Å². The number of ketones is 2. The first-order valence-electron chi connectivity index (χ1n) is 15.7. The molecule has 3 aromatic carbocycles. The van der Waals surface area contributed by atoms with Crippen molar-refractivity contribution in [1.82, 2.24) is 9.80 Å². The molecule has 0 spiro atoms. The zero-order valence-corrected chi connectivity index (χ0v) is 25.8. The number of fused-ring (bicyclic) bond motifs is 4. The van der Waals surface area contributed by atoms with Gasteiger partial charge in [-0.2, -0.15) is 0 Å². The second-order valence-electron chi connectivity index (χ2n) is 13.2. The lowest BCUT2D eigenvalue weighted by molar-refractivity contribution is -0.148. The van der Waals surface area contributed by atoms with Crippen molar-refractivity contribution in [2.45, 2.75) is 43.9 Å². The molecule has 1 fully saturated rings. The van der Waals surface area contributed by atoms with Gasteiger partial charge in [0.05, 0.1) is 11.6 Å². The summed E-state index contributed by atoms with van der Waals surface area (Å²) in [6.45, 7) is 2.99. The standard InChI is InChI=1S/C36H37N3O7/c1-38(2)30-25-16-19-15-24-23(22-10-9-18(17-39-13-5-6-14-39)20-7-3-4-8-21(20)22)11-12-26(40)28(24)31(41)27(19)33(43)36(25,46)34(44)29(32(30)42)35(37)45/h3-4,7-12,19,25,30,40,42-43,46H,5-6,13-17H2,1-2H3,(H2,37,45)/t19-,25-,30?,36?/m0/s1. The summed E-state index contributed by atoms with van der Waals surface area (Å²) >= 11 is 0. The molecule has 4 atom stereocenters. The van der Waals surface area contributed by atoms with E-state index in [9.17, 15) is 34.8 Å². The Morgan fingerprint density at radius 1 is 0.978 bits per heavy atom. The van der Waals surface area contributed by atoms with Crippen LogP contribution in [0.15, 0.2) is 71.2 Å². The Labute approximate surface area is 266 Å². The van der Waals surface area contributed by atoms with Gasteiger partial charge in [0.25, 0.3) is 5.91 Å². The van der Waals surface area contributed by atoms with Gasteiger partial charge in [-0.3, -0.25) is 24.2 Å². The van der Waals surface area contributed by atoms with Gasteiger partial charge in [-0.15, -0.1) is 0 Å². The van der Waals surface area contributed by atoms with Gasteiger partial charge in [-0.1, -0.05) is 42.5 Å². The van der Waals surface area contributed by atoms with Crippen LogP contribution in [0.25, 0.3) is 21.9 Å². The Balaban J connectivity index is 1.38. The highest BCUT2D eigenvalue weighted by Gasteiger charge is 2.63. The summed E-state index contributed by atoms with van der Waals surface area (Å²) < 4.78 is 0. The number of hydrogen-bond donors (Lipinski definition) is 5. The molecule has 3 aromatic rings. The van der Waals surface area contributed by atoms with E-state index >= 15 is 0 Å². The van der Waals surface area contributed by atoms with Crippen LogP contribution in [0, 0.1) is 11.8 Å². The van der Waals surface area contributed by atoms with E-state index in [1.165, 1.54) is 24.5 Å². The normalized spacial score (nSPS) is 26.5. The van der Waals surface area contributed by atoms with Gasteiger partial charge in [0.2, 0.25) is 5.78 Å². The van der Waals surface area contributed by atoms with E-state index in [0.717, 1.165) is 41.5 Å². The van der Waals surface area contributed by atoms with Crippen molar-refractivity contribution in [3.8, 4) is 16.9 Å². The van der Waals surface area contributed by atoms with E-state index in [1.807, 2.05) is 12.1 Å². The Hall–Kier alpha value is -4.51. The highest BCUT2D eigenvalue weighted by atomic mass is 16.3. The Bertz CT molecular complexity index is 1900. The summed E-state index contributed by atoms with van der Waals surface area (Å²) in [7, 11) is 3.23. The lowest BCUT2D eigenvalue weighted by Crippen LogP contribution is -2.63. The molecule has 4 aliphatic rings. The molecular weight excluding hydrogens is 586 g/mol. The third-order valence-electron chi connectivity index (χ3n) is 10.5. The summed E-state index contributed by atoms with van der Waals surface area (Å²) in [5.41, 5.74) is 5.27. The third-order valence-corrected chi connectivity index (χ3v) is 10.5. The number of aromatic hydroxyl groups is 1. The largest absolute Gasteiger partial charge is 0.510 e. The monoisotopic (exact) mass is 623 g/mol. The fourth-order valence-electron chi connectivity index (χ4n) is 8.42. The van der Waals surface area contributed by atoms with E-state index < -0.39 is 58.0 Å². The number of allylic oxidation sites excluding steroid dienone is 1. The Kier molecular flexibility index (Phi) is 7.08. The first-order valence-corrected chi connectivity index (χ1v) is 15.7. The molecule has 1 heterocycles. The van der Waals surface area contributed by atoms with Crippen molar-refractivity contribution in [3.05, 3.63) is 87.9 Å². The molecule has 10 nitrogen and oxygen atoms in total. The number of aliphatic hydroxyl groups is 3. The molecule has 1 aliphatic heterocycles. The number of likely N-dealkylation sites (tertiary alicyclic amines) is 1. The summed E-state index contributed by atoms with van der Waals surface area (Å²) in [6.07, 6.45) is 2.65. The minimum Gasteiger partial charge on any atom is -0.510 e. The SMILES string of the molecule is CN(C)C1C(O)=C(C(N)=O)C(=O)C2(O)C(O)=C3C(=O)c4c(O)ccc(-c5ccc(CN6CCCC6)c6ccccc56)c4C[C@H]3C[C@@H]12. The number of rotatable bonds is 5. The number of benzene rings is 3. The smallest absolute Gasteiger partial charge is 0.255 e. The Morgan fingerprint density at radius 2 is 1.65 bits per heavy atom. The number of aliphatic hydroxyl groups excluding tert-OH is 2. The van der Waals surface area contributed by atoms with Crippen LogP contribution in [0.1, 0.15) is 40.7 Å². The van der Waals surface area contributed by atoms with Crippen molar-refractivity contribution in [2.24, 2.45) is 17.6 Å². The van der Waals surface area contributed by atoms with E-state index in [4.69, 9.17) is 5.73 Å². The Morgan fingerprint density at radius 3 is 2.33 bits per heavy atom. The van der Waals surface area contributed by atoms with Crippen LogP contribution in [-0.2, 0) is 22.6 Å². The van der Waals surface area contributed by atoms with Gasteiger partial charge in [-0.25, -0.2) is 0 Å². The third kappa shape index (κ3) is 4.24. The molecule has 0 aromatic heterocycles. The molecule has 46 heavy (non-hydrogen) atoms. The van der Waals surface area contributed by atoms with Crippen LogP contribution in [0.2, 0.25) is 0 Å². The van der Waals surface area contributed by atoms with E-state index in [2.05, 4.69) is 29.2 Å². The van der Waals surface area contributed by atoms with E-state index in [0.29, 0.717) is 5.56 Å². The fraction of sp³-hybridized carbons (Fsp3) is 0.361. The fourth-order valence-corrected chi connectivity index (χ4v) is 8.42. The molecule has 1 saturated heterocycles. The first kappa shape index (κ1) is 30.2. The lowest BCUT2D eigenvalue weighted by Gasteiger charge is -2.50. The molecule has 1 amide bonds. The van der Waals surface area contributed by atoms with Crippen LogP contribution in [0.3, 0.4) is 0 Å². The number of amides is 1. The predicted octanol–water partition coefficient (Wildman–Crippen LogP) is 3.54. The van der Waals surface area contributed by atoms with Crippen LogP contribution >= 0.6 is 0 Å². The second kappa shape index (κ2) is 10.8. The average Bonchev–Trinajstić information content (AvgIpc) is 3.52. The first-order chi connectivity index (χ1) is 21.9. The van der Waals surface area contributed by atoms with Crippen LogP contribution in [-0.4, -0.2) is 86.5 Å². The number of phenols is 1. The van der Waals surface area contributed by atoms with Gasteiger partial charge in [0.1, 0.15) is 22.8 Å². The van der Waals surface area contributed by atoms with Crippen molar-refractivity contribution in [1.29, 1.82) is 0 Å². The molecule has 0 saturated carbocycles. The number of carbonyl (C=O) groups is 3. The summed E-state index contributed by atoms with van der Waals surface area (Å²) in [5, 5.41) is 47.7. The summed E-state index contributed by atoms with van der Waals surface area (Å²) in [5.74, 6) is -6.65. The average molecular weight is 624 g/mol. The molecule has 238 valence electrons. The predicted molar refractivity (Wildman–Crippen MR) is 171 cm³/mol. The van der Waals surface area contributed by atoms with E-state index in [-0.39, 0.29) is 29.7 Å². The summed E-state index contributed by atoms with van der Waals surface area (Å²) in [6, 6.07) is 14.5. The highest BCUT2D eigenvalue weighted by molar-refractivity contribution is 6.25. The van der Waals surface area contributed by atoms with Crippen molar-refractivity contribution >= 4 is 28.2 Å². The molecule has 6 N–H and O–H groups in total. The zero-order chi connectivity index (χ0) is 32.7. The molecule has 2 unspecified atom stereocenters. The maximum atomic E-state index is 14.2. The molecule has 7 rings (SSSR count). The van der Waals surface area contributed by atoms with Crippen molar-refractivity contribution in [2.75, 3.05) is 27.2 Å². The maximum Gasteiger partial charge on any atom is 0.255 e. The highest BCUT2D eigenvalue weighted by Crippen LogP contribution is 2.53. The van der Waals surface area contributed by atoms with Gasteiger partial charge < -0.3 is 26.2 Å².